The largest absolute Gasteiger partial charge is 0.480 e. The summed E-state index contributed by atoms with van der Waals surface area (Å²) in [7, 11) is 0. The average Bonchev–Trinajstić information content (AvgIpc) is 2.33. The topological polar surface area (TPSA) is 52.6 Å². The average molecular weight is 334 g/mol. The number of hydrogen-bond donors (Lipinski definition) is 2. The van der Waals surface area contributed by atoms with Gasteiger partial charge in [-0.25, -0.2) is 0 Å². The molecule has 1 aliphatic rings. The van der Waals surface area contributed by atoms with Gasteiger partial charge >= 0.3 is 5.97 Å². The predicted octanol–water partition coefficient (Wildman–Crippen LogP) is 2.13. The van der Waals surface area contributed by atoms with Gasteiger partial charge in [0.1, 0.15) is 6.04 Å². The Morgan fingerprint density at radius 2 is 2.11 bits per heavy atom. The van der Waals surface area contributed by atoms with Gasteiger partial charge in [0.15, 0.2) is 0 Å². The summed E-state index contributed by atoms with van der Waals surface area (Å²) >= 11 is 9.47. The molecule has 1 atom stereocenters. The number of hydrogen-bond acceptors (Lipinski definition) is 3. The first kappa shape index (κ1) is 13.8. The molecule has 1 aromatic rings. The number of carboxylic acids is 1. The van der Waals surface area contributed by atoms with Crippen LogP contribution in [0.15, 0.2) is 22.7 Å². The number of nitrogens with one attached hydrogen (secondary N) is 1. The van der Waals surface area contributed by atoms with E-state index in [1.165, 1.54) is 0 Å². The van der Waals surface area contributed by atoms with Crippen LogP contribution in [-0.4, -0.2) is 42.2 Å². The quantitative estimate of drug-likeness (QED) is 0.890. The van der Waals surface area contributed by atoms with Crippen LogP contribution in [0.5, 0.6) is 0 Å². The minimum Gasteiger partial charge on any atom is -0.480 e. The number of carbonyl (C=O) groups is 1. The molecular weight excluding hydrogens is 320 g/mol. The number of halogens is 2. The second kappa shape index (κ2) is 6.02. The van der Waals surface area contributed by atoms with Gasteiger partial charge in [-0.3, -0.25) is 9.69 Å². The van der Waals surface area contributed by atoms with Gasteiger partial charge in [0.2, 0.25) is 0 Å². The summed E-state index contributed by atoms with van der Waals surface area (Å²) in [6.45, 7) is 3.03. The van der Waals surface area contributed by atoms with Crippen molar-refractivity contribution in [2.75, 3.05) is 26.2 Å². The van der Waals surface area contributed by atoms with Crippen LogP contribution >= 0.6 is 27.5 Å². The third-order valence-corrected chi connectivity index (χ3v) is 3.83. The minimum atomic E-state index is -0.860. The highest BCUT2D eigenvalue weighted by Crippen LogP contribution is 2.30. The molecule has 0 radical (unpaired) electrons. The summed E-state index contributed by atoms with van der Waals surface area (Å²) in [6.07, 6.45) is 0. The molecule has 4 nitrogen and oxygen atoms in total. The molecule has 1 heterocycles. The fourth-order valence-electron chi connectivity index (χ4n) is 2.15. The molecule has 0 aliphatic carbocycles. The van der Waals surface area contributed by atoms with Crippen LogP contribution in [0, 0.1) is 0 Å². The van der Waals surface area contributed by atoms with Crippen LogP contribution in [0.25, 0.3) is 0 Å². The molecule has 1 unspecified atom stereocenters. The molecule has 2 N–H and O–H groups in total. The molecule has 2 rings (SSSR count). The third kappa shape index (κ3) is 3.03. The molecule has 0 aromatic heterocycles. The lowest BCUT2D eigenvalue weighted by atomic mass is 10.0. The Bertz CT molecular complexity index is 450. The van der Waals surface area contributed by atoms with Gasteiger partial charge in [-0.2, -0.15) is 0 Å². The number of aliphatic carboxylic acids is 1. The van der Waals surface area contributed by atoms with Gasteiger partial charge in [-0.1, -0.05) is 33.6 Å². The Balaban J connectivity index is 2.31. The summed E-state index contributed by atoms with van der Waals surface area (Å²) in [5.41, 5.74) is 0.647. The zero-order chi connectivity index (χ0) is 13.1. The van der Waals surface area contributed by atoms with E-state index in [4.69, 9.17) is 11.6 Å². The Morgan fingerprint density at radius 1 is 1.44 bits per heavy atom. The standard InChI is InChI=1S/C12H14BrClN2O2/c13-8-1-2-9(10(14)7-8)11(12(17)18)16-5-3-15-4-6-16/h1-2,7,11,15H,3-6H2,(H,17,18). The van der Waals surface area contributed by atoms with Gasteiger partial charge < -0.3 is 10.4 Å². The molecule has 0 spiro atoms. The number of benzene rings is 1. The van der Waals surface area contributed by atoms with E-state index in [0.717, 1.165) is 17.6 Å². The van der Waals surface area contributed by atoms with Crippen molar-refractivity contribution in [1.29, 1.82) is 0 Å². The van der Waals surface area contributed by atoms with Gasteiger partial charge in [0.25, 0.3) is 0 Å². The second-order valence-corrected chi connectivity index (χ2v) is 5.52. The van der Waals surface area contributed by atoms with Crippen molar-refractivity contribution in [3.05, 3.63) is 33.3 Å². The van der Waals surface area contributed by atoms with E-state index >= 15 is 0 Å². The fraction of sp³-hybridized carbons (Fsp3) is 0.417. The van der Waals surface area contributed by atoms with Crippen LogP contribution in [0.4, 0.5) is 0 Å². The summed E-state index contributed by atoms with van der Waals surface area (Å²) in [4.78, 5) is 13.4. The molecule has 1 saturated heterocycles. The Hall–Kier alpha value is -0.620. The second-order valence-electron chi connectivity index (χ2n) is 4.19. The maximum absolute atomic E-state index is 11.5. The highest BCUT2D eigenvalue weighted by Gasteiger charge is 2.29. The van der Waals surface area contributed by atoms with Gasteiger partial charge in [0, 0.05) is 35.7 Å². The molecule has 0 saturated carbocycles. The zero-order valence-corrected chi connectivity index (χ0v) is 12.0. The van der Waals surface area contributed by atoms with E-state index in [0.29, 0.717) is 23.7 Å². The fourth-order valence-corrected chi connectivity index (χ4v) is 2.93. The lowest BCUT2D eigenvalue weighted by Crippen LogP contribution is -2.47. The third-order valence-electron chi connectivity index (χ3n) is 3.01. The summed E-state index contributed by atoms with van der Waals surface area (Å²) in [5, 5.41) is 13.1. The maximum Gasteiger partial charge on any atom is 0.325 e. The summed E-state index contributed by atoms with van der Waals surface area (Å²) in [6, 6.07) is 4.65. The molecule has 6 heteroatoms. The van der Waals surface area contributed by atoms with E-state index in [2.05, 4.69) is 21.2 Å². The van der Waals surface area contributed by atoms with Gasteiger partial charge in [-0.05, 0) is 17.7 Å². The first-order chi connectivity index (χ1) is 8.59. The number of piperazine rings is 1. The van der Waals surface area contributed by atoms with Crippen molar-refractivity contribution in [3.63, 3.8) is 0 Å². The molecular formula is C12H14BrClN2O2. The summed E-state index contributed by atoms with van der Waals surface area (Å²) in [5.74, 6) is -0.860. The Morgan fingerprint density at radius 3 is 2.67 bits per heavy atom. The van der Waals surface area contributed by atoms with Crippen molar-refractivity contribution in [3.8, 4) is 0 Å². The minimum absolute atomic E-state index is 0.482. The van der Waals surface area contributed by atoms with Crippen LogP contribution < -0.4 is 5.32 Å². The molecule has 0 bridgehead atoms. The number of rotatable bonds is 3. The normalized spacial score (nSPS) is 18.6. The van der Waals surface area contributed by atoms with Crippen molar-refractivity contribution < 1.29 is 9.90 Å². The van der Waals surface area contributed by atoms with Crippen molar-refractivity contribution in [2.24, 2.45) is 0 Å². The van der Waals surface area contributed by atoms with Crippen molar-refractivity contribution in [1.82, 2.24) is 10.2 Å². The van der Waals surface area contributed by atoms with Crippen molar-refractivity contribution >= 4 is 33.5 Å². The predicted molar refractivity (Wildman–Crippen MR) is 74.0 cm³/mol. The molecule has 1 aliphatic heterocycles. The SMILES string of the molecule is O=C(O)C(c1ccc(Br)cc1Cl)N1CCNCC1. The highest BCUT2D eigenvalue weighted by molar-refractivity contribution is 9.10. The molecule has 1 fully saturated rings. The summed E-state index contributed by atoms with van der Waals surface area (Å²) < 4.78 is 0.848. The first-order valence-corrected chi connectivity index (χ1v) is 6.89. The highest BCUT2D eigenvalue weighted by atomic mass is 79.9. The smallest absolute Gasteiger partial charge is 0.325 e. The molecule has 1 aromatic carbocycles. The van der Waals surface area contributed by atoms with Gasteiger partial charge in [0.05, 0.1) is 0 Å². The van der Waals surface area contributed by atoms with Crippen molar-refractivity contribution in [2.45, 2.75) is 6.04 Å². The lowest BCUT2D eigenvalue weighted by molar-refractivity contribution is -0.143. The van der Waals surface area contributed by atoms with Gasteiger partial charge in [-0.15, -0.1) is 0 Å². The van der Waals surface area contributed by atoms with E-state index in [9.17, 15) is 9.90 Å². The Kier molecular flexibility index (Phi) is 4.61. The van der Waals surface area contributed by atoms with Crippen LogP contribution in [-0.2, 0) is 4.79 Å². The first-order valence-electron chi connectivity index (χ1n) is 5.72. The van der Waals surface area contributed by atoms with E-state index in [1.807, 2.05) is 11.0 Å². The zero-order valence-electron chi connectivity index (χ0n) is 9.70. The Labute approximate surface area is 119 Å². The monoisotopic (exact) mass is 332 g/mol. The maximum atomic E-state index is 11.5. The number of carboxylic acid groups (broad SMARTS) is 1. The number of nitrogens with zero attached hydrogens (tertiary/aromatic N) is 1. The lowest BCUT2D eigenvalue weighted by Gasteiger charge is -2.33. The van der Waals surface area contributed by atoms with Crippen LogP contribution in [0.1, 0.15) is 11.6 Å². The van der Waals surface area contributed by atoms with Crippen LogP contribution in [0.3, 0.4) is 0 Å². The van der Waals surface area contributed by atoms with E-state index in [-0.39, 0.29) is 0 Å². The van der Waals surface area contributed by atoms with E-state index < -0.39 is 12.0 Å². The van der Waals surface area contributed by atoms with Crippen LogP contribution in [0.2, 0.25) is 5.02 Å². The van der Waals surface area contributed by atoms with E-state index in [1.54, 1.807) is 12.1 Å². The molecule has 18 heavy (non-hydrogen) atoms. The molecule has 0 amide bonds. The molecule has 98 valence electrons.